The van der Waals surface area contributed by atoms with Crippen LogP contribution < -0.4 is 14.2 Å². The van der Waals surface area contributed by atoms with Crippen LogP contribution in [-0.4, -0.2) is 44.3 Å². The molecule has 0 radical (unpaired) electrons. The lowest BCUT2D eigenvalue weighted by atomic mass is 9.85. The van der Waals surface area contributed by atoms with Crippen LogP contribution in [0.3, 0.4) is 0 Å². The summed E-state index contributed by atoms with van der Waals surface area (Å²) in [6.07, 6.45) is -1.58. The zero-order valence-corrected chi connectivity index (χ0v) is 20.7. The number of anilines is 1. The van der Waals surface area contributed by atoms with E-state index in [-0.39, 0.29) is 41.0 Å². The Labute approximate surface area is 216 Å². The number of sulfonamides is 1. The van der Waals surface area contributed by atoms with Gasteiger partial charge in [0.05, 0.1) is 42.7 Å². The standard InChI is InChI=1S/C25H23F4N3O5S/c26-16-13-30-24(31-14-16)32-38(33,34)18-2-4-20-19(7-10-36-22(20)12-18)21-3-1-15(25(27,28)29)11-23(21)37-17-5-8-35-9-6-17/h1-4,11-14,17,19H,5-10H2,(H,30,31,32)/t19-/m1/s1. The van der Waals surface area contributed by atoms with Crippen LogP contribution in [0.4, 0.5) is 23.5 Å². The van der Waals surface area contributed by atoms with Gasteiger partial charge in [-0.3, -0.25) is 0 Å². The zero-order chi connectivity index (χ0) is 26.9. The first kappa shape index (κ1) is 26.2. The molecule has 1 atom stereocenters. The van der Waals surface area contributed by atoms with Gasteiger partial charge < -0.3 is 14.2 Å². The fourth-order valence-corrected chi connectivity index (χ4v) is 5.45. The Balaban J connectivity index is 1.47. The molecule has 0 unspecified atom stereocenters. The first-order chi connectivity index (χ1) is 18.1. The van der Waals surface area contributed by atoms with Crippen LogP contribution in [0.25, 0.3) is 0 Å². The van der Waals surface area contributed by atoms with Gasteiger partial charge in [-0.1, -0.05) is 12.1 Å². The Morgan fingerprint density at radius 2 is 1.66 bits per heavy atom. The van der Waals surface area contributed by atoms with E-state index in [1.54, 1.807) is 6.07 Å². The smallest absolute Gasteiger partial charge is 0.416 e. The van der Waals surface area contributed by atoms with Crippen LogP contribution in [0.5, 0.6) is 11.5 Å². The highest BCUT2D eigenvalue weighted by atomic mass is 32.2. The molecule has 0 saturated carbocycles. The van der Waals surface area contributed by atoms with Crippen molar-refractivity contribution in [3.8, 4) is 11.5 Å². The maximum absolute atomic E-state index is 13.5. The minimum Gasteiger partial charge on any atom is -0.493 e. The van der Waals surface area contributed by atoms with Gasteiger partial charge in [-0.2, -0.15) is 13.2 Å². The summed E-state index contributed by atoms with van der Waals surface area (Å²) in [7, 11) is -4.13. The number of alkyl halides is 3. The maximum atomic E-state index is 13.5. The van der Waals surface area contributed by atoms with Crippen molar-refractivity contribution >= 4 is 16.0 Å². The summed E-state index contributed by atoms with van der Waals surface area (Å²) < 4.78 is 98.6. The number of nitrogens with zero attached hydrogens (tertiary/aromatic N) is 2. The topological polar surface area (TPSA) is 99.6 Å². The van der Waals surface area contributed by atoms with Gasteiger partial charge in [0, 0.05) is 36.0 Å². The molecule has 8 nitrogen and oxygen atoms in total. The van der Waals surface area contributed by atoms with Gasteiger partial charge in [-0.25, -0.2) is 27.5 Å². The molecule has 5 rings (SSSR count). The summed E-state index contributed by atoms with van der Waals surface area (Å²) >= 11 is 0. The van der Waals surface area contributed by atoms with Crippen LogP contribution in [-0.2, 0) is 20.9 Å². The molecule has 1 fully saturated rings. The molecule has 2 aliphatic heterocycles. The number of nitrogens with one attached hydrogen (secondary N) is 1. The third-order valence-corrected chi connectivity index (χ3v) is 7.68. The normalized spacial score (nSPS) is 18.4. The van der Waals surface area contributed by atoms with Crippen molar-refractivity contribution in [2.24, 2.45) is 0 Å². The van der Waals surface area contributed by atoms with Gasteiger partial charge in [0.2, 0.25) is 5.95 Å². The number of rotatable bonds is 6. The van der Waals surface area contributed by atoms with Crippen molar-refractivity contribution in [3.63, 3.8) is 0 Å². The predicted octanol–water partition coefficient (Wildman–Crippen LogP) is 4.91. The molecule has 0 amide bonds. The minimum atomic E-state index is -4.54. The molecule has 1 aromatic heterocycles. The lowest BCUT2D eigenvalue weighted by molar-refractivity contribution is -0.137. The van der Waals surface area contributed by atoms with E-state index < -0.39 is 27.6 Å². The molecule has 38 heavy (non-hydrogen) atoms. The van der Waals surface area contributed by atoms with Crippen molar-refractivity contribution in [1.82, 2.24) is 9.97 Å². The Morgan fingerprint density at radius 3 is 2.37 bits per heavy atom. The van der Waals surface area contributed by atoms with Gasteiger partial charge in [-0.05, 0) is 24.6 Å². The molecule has 3 aromatic rings. The molecule has 13 heteroatoms. The highest BCUT2D eigenvalue weighted by Gasteiger charge is 2.34. The van der Waals surface area contributed by atoms with Crippen molar-refractivity contribution in [3.05, 3.63) is 71.3 Å². The highest BCUT2D eigenvalue weighted by Crippen LogP contribution is 2.44. The maximum Gasteiger partial charge on any atom is 0.416 e. The van der Waals surface area contributed by atoms with Crippen LogP contribution in [0.2, 0.25) is 0 Å². The van der Waals surface area contributed by atoms with E-state index >= 15 is 0 Å². The number of benzene rings is 2. The highest BCUT2D eigenvalue weighted by molar-refractivity contribution is 7.92. The molecule has 202 valence electrons. The number of halogens is 4. The van der Waals surface area contributed by atoms with Crippen molar-refractivity contribution < 1.29 is 40.2 Å². The summed E-state index contributed by atoms with van der Waals surface area (Å²) in [6, 6.07) is 7.70. The van der Waals surface area contributed by atoms with Gasteiger partial charge in [-0.15, -0.1) is 0 Å². The van der Waals surface area contributed by atoms with E-state index in [0.717, 1.165) is 24.5 Å². The van der Waals surface area contributed by atoms with Crippen LogP contribution in [0, 0.1) is 5.82 Å². The monoisotopic (exact) mass is 553 g/mol. The average Bonchev–Trinajstić information content (AvgIpc) is 2.89. The molecular weight excluding hydrogens is 530 g/mol. The average molecular weight is 554 g/mol. The minimum absolute atomic E-state index is 0.136. The molecule has 1 saturated heterocycles. The lowest BCUT2D eigenvalue weighted by Crippen LogP contribution is -2.27. The molecule has 0 aliphatic carbocycles. The number of aromatic nitrogens is 2. The molecule has 2 aliphatic rings. The van der Waals surface area contributed by atoms with Crippen LogP contribution in [0.1, 0.15) is 41.9 Å². The second-order valence-corrected chi connectivity index (χ2v) is 10.6. The molecule has 0 spiro atoms. The summed E-state index contributed by atoms with van der Waals surface area (Å²) in [5.41, 5.74) is 0.360. The largest absolute Gasteiger partial charge is 0.493 e. The quantitative estimate of drug-likeness (QED) is 0.433. The second kappa shape index (κ2) is 10.4. The van der Waals surface area contributed by atoms with E-state index in [0.29, 0.717) is 43.6 Å². The van der Waals surface area contributed by atoms with E-state index in [9.17, 15) is 26.0 Å². The fourth-order valence-electron chi connectivity index (χ4n) is 4.48. The molecule has 2 aromatic carbocycles. The predicted molar refractivity (Wildman–Crippen MR) is 127 cm³/mol. The van der Waals surface area contributed by atoms with E-state index in [4.69, 9.17) is 14.2 Å². The SMILES string of the molecule is O=S(=O)(Nc1ncc(F)cn1)c1ccc2c(c1)OCC[C@H]2c1ccc(C(F)(F)F)cc1OC1CCOCC1. The van der Waals surface area contributed by atoms with Crippen LogP contribution >= 0.6 is 0 Å². The Hall–Kier alpha value is -3.45. The first-order valence-corrected chi connectivity index (χ1v) is 13.3. The van der Waals surface area contributed by atoms with Gasteiger partial charge >= 0.3 is 6.18 Å². The lowest BCUT2D eigenvalue weighted by Gasteiger charge is -2.30. The Kier molecular flexibility index (Phi) is 7.14. The number of fused-ring (bicyclic) bond motifs is 1. The van der Waals surface area contributed by atoms with Crippen LogP contribution in [0.15, 0.2) is 53.7 Å². The van der Waals surface area contributed by atoms with Gasteiger partial charge in [0.15, 0.2) is 5.82 Å². The van der Waals surface area contributed by atoms with Crippen molar-refractivity contribution in [1.29, 1.82) is 0 Å². The zero-order valence-electron chi connectivity index (χ0n) is 19.9. The first-order valence-electron chi connectivity index (χ1n) is 11.8. The fraction of sp³-hybridized carbons (Fsp3) is 0.360. The number of hydrogen-bond acceptors (Lipinski definition) is 7. The van der Waals surface area contributed by atoms with Gasteiger partial charge in [0.1, 0.15) is 17.6 Å². The van der Waals surface area contributed by atoms with Crippen molar-refractivity contribution in [2.45, 2.75) is 42.4 Å². The summed E-state index contributed by atoms with van der Waals surface area (Å²) in [5.74, 6) is -0.995. The summed E-state index contributed by atoms with van der Waals surface area (Å²) in [5, 5.41) is 0. The van der Waals surface area contributed by atoms with Crippen molar-refractivity contribution in [2.75, 3.05) is 24.5 Å². The molecule has 3 heterocycles. The van der Waals surface area contributed by atoms with Gasteiger partial charge in [0.25, 0.3) is 10.0 Å². The number of ether oxygens (including phenoxy) is 3. The summed E-state index contributed by atoms with van der Waals surface area (Å²) in [6.45, 7) is 1.15. The molecular formula is C25H23F4N3O5S. The van der Waals surface area contributed by atoms with E-state index in [1.807, 2.05) is 0 Å². The third-order valence-electron chi connectivity index (χ3n) is 6.36. The second-order valence-electron chi connectivity index (χ2n) is 8.90. The Bertz CT molecular complexity index is 1410. The third kappa shape index (κ3) is 5.68. The number of hydrogen-bond donors (Lipinski definition) is 1. The molecule has 0 bridgehead atoms. The Morgan fingerprint density at radius 1 is 0.947 bits per heavy atom. The van der Waals surface area contributed by atoms with E-state index in [1.165, 1.54) is 18.2 Å². The van der Waals surface area contributed by atoms with E-state index in [2.05, 4.69) is 14.7 Å². The summed E-state index contributed by atoms with van der Waals surface area (Å²) in [4.78, 5) is 7.06. The molecule has 1 N–H and O–H groups in total.